The first-order valence-corrected chi connectivity index (χ1v) is 9.26. The maximum Gasteiger partial charge on any atom is 0.337 e. The van der Waals surface area contributed by atoms with Crippen LogP contribution in [0.4, 0.5) is 5.82 Å². The van der Waals surface area contributed by atoms with Gasteiger partial charge in [-0.2, -0.15) is 0 Å². The predicted molar refractivity (Wildman–Crippen MR) is 105 cm³/mol. The highest BCUT2D eigenvalue weighted by Crippen LogP contribution is 2.45. The van der Waals surface area contributed by atoms with Crippen LogP contribution in [0.2, 0.25) is 0 Å². The monoisotopic (exact) mass is 399 g/mol. The zero-order chi connectivity index (χ0) is 20.7. The van der Waals surface area contributed by atoms with Crippen LogP contribution < -0.4 is 26.0 Å². The Morgan fingerprint density at radius 2 is 2.00 bits per heavy atom. The van der Waals surface area contributed by atoms with Crippen LogP contribution in [0.3, 0.4) is 0 Å². The summed E-state index contributed by atoms with van der Waals surface area (Å²) in [7, 11) is 3.04. The number of H-pyrrole nitrogens is 1. The molecule has 3 heterocycles. The Balaban J connectivity index is 2.07. The lowest BCUT2D eigenvalue weighted by Crippen LogP contribution is -2.38. The fourth-order valence-corrected chi connectivity index (χ4v) is 3.90. The summed E-state index contributed by atoms with van der Waals surface area (Å²) in [6.07, 6.45) is 0.689. The lowest BCUT2D eigenvalue weighted by atomic mass is 9.82. The molecule has 0 aliphatic carbocycles. The highest BCUT2D eigenvalue weighted by atomic mass is 16.5. The zero-order valence-corrected chi connectivity index (χ0v) is 16.3. The molecule has 0 fully saturated rings. The lowest BCUT2D eigenvalue weighted by Gasteiger charge is -2.29. The minimum Gasteiger partial charge on any atom is -0.497 e. The van der Waals surface area contributed by atoms with Gasteiger partial charge in [0, 0.05) is 12.1 Å². The molecule has 0 amide bonds. The number of esters is 1. The second-order valence-electron chi connectivity index (χ2n) is 6.81. The third-order valence-corrected chi connectivity index (χ3v) is 5.17. The van der Waals surface area contributed by atoms with E-state index >= 15 is 0 Å². The Morgan fingerprint density at radius 1 is 1.21 bits per heavy atom. The van der Waals surface area contributed by atoms with E-state index in [9.17, 15) is 14.4 Å². The van der Waals surface area contributed by atoms with Gasteiger partial charge in [-0.3, -0.25) is 14.3 Å². The Kier molecular flexibility index (Phi) is 4.65. The lowest BCUT2D eigenvalue weighted by molar-refractivity contribution is -0.136. The van der Waals surface area contributed by atoms with E-state index in [0.29, 0.717) is 47.1 Å². The number of carbonyl (C=O) groups excluding carboxylic acids is 1. The molecular weight excluding hydrogens is 378 g/mol. The molecule has 2 aromatic rings. The van der Waals surface area contributed by atoms with E-state index in [-0.39, 0.29) is 12.2 Å². The maximum atomic E-state index is 12.9. The molecule has 2 aliphatic rings. The molecule has 1 aromatic carbocycles. The highest BCUT2D eigenvalue weighted by Gasteiger charge is 2.42. The van der Waals surface area contributed by atoms with Crippen molar-refractivity contribution in [3.63, 3.8) is 0 Å². The Morgan fingerprint density at radius 3 is 2.69 bits per heavy atom. The van der Waals surface area contributed by atoms with Gasteiger partial charge in [-0.25, -0.2) is 9.59 Å². The molecule has 1 unspecified atom stereocenters. The van der Waals surface area contributed by atoms with Crippen molar-refractivity contribution >= 4 is 11.8 Å². The van der Waals surface area contributed by atoms with E-state index in [0.717, 1.165) is 0 Å². The minimum atomic E-state index is -0.770. The van der Waals surface area contributed by atoms with Crippen LogP contribution in [-0.4, -0.2) is 36.3 Å². The highest BCUT2D eigenvalue weighted by molar-refractivity contribution is 5.97. The van der Waals surface area contributed by atoms with Crippen LogP contribution in [0.5, 0.6) is 11.5 Å². The quantitative estimate of drug-likeness (QED) is 0.730. The fourth-order valence-electron chi connectivity index (χ4n) is 3.90. The van der Waals surface area contributed by atoms with Gasteiger partial charge in [0.1, 0.15) is 23.9 Å². The van der Waals surface area contributed by atoms with Crippen molar-refractivity contribution in [2.45, 2.75) is 25.8 Å². The van der Waals surface area contributed by atoms with Crippen molar-refractivity contribution in [2.24, 2.45) is 0 Å². The molecule has 0 saturated carbocycles. The van der Waals surface area contributed by atoms with Crippen molar-refractivity contribution in [3.8, 4) is 11.5 Å². The Bertz CT molecular complexity index is 1140. The van der Waals surface area contributed by atoms with Crippen LogP contribution in [0.25, 0.3) is 0 Å². The van der Waals surface area contributed by atoms with Crippen molar-refractivity contribution < 1.29 is 19.0 Å². The first-order chi connectivity index (χ1) is 14.0. The van der Waals surface area contributed by atoms with Crippen LogP contribution in [0, 0.1) is 0 Å². The number of nitrogens with one attached hydrogen (secondary N) is 2. The van der Waals surface area contributed by atoms with Gasteiger partial charge in [-0.15, -0.1) is 0 Å². The van der Waals surface area contributed by atoms with Crippen molar-refractivity contribution in [3.05, 3.63) is 61.4 Å². The first-order valence-electron chi connectivity index (χ1n) is 9.26. The molecular formula is C20H21N3O6. The van der Waals surface area contributed by atoms with Gasteiger partial charge in [0.2, 0.25) is 0 Å². The summed E-state index contributed by atoms with van der Waals surface area (Å²) >= 11 is 0. The molecule has 29 heavy (non-hydrogen) atoms. The average molecular weight is 399 g/mol. The van der Waals surface area contributed by atoms with Crippen molar-refractivity contribution in [1.82, 2.24) is 9.55 Å². The molecule has 1 aromatic heterocycles. The van der Waals surface area contributed by atoms with Gasteiger partial charge in [0.15, 0.2) is 0 Å². The third kappa shape index (κ3) is 2.89. The molecule has 9 heteroatoms. The summed E-state index contributed by atoms with van der Waals surface area (Å²) in [6.45, 7) is 2.38. The second kappa shape index (κ2) is 7.16. The van der Waals surface area contributed by atoms with E-state index in [4.69, 9.17) is 14.2 Å². The normalized spacial score (nSPS) is 17.3. The van der Waals surface area contributed by atoms with Gasteiger partial charge in [-0.1, -0.05) is 6.92 Å². The number of anilines is 1. The van der Waals surface area contributed by atoms with Gasteiger partial charge in [-0.05, 0) is 24.6 Å². The average Bonchev–Trinajstić information content (AvgIpc) is 3.09. The number of benzene rings is 1. The van der Waals surface area contributed by atoms with Gasteiger partial charge in [0.25, 0.3) is 5.56 Å². The number of hydrogen-bond donors (Lipinski definition) is 2. The van der Waals surface area contributed by atoms with Crippen LogP contribution in [-0.2, 0) is 16.1 Å². The van der Waals surface area contributed by atoms with E-state index < -0.39 is 23.1 Å². The number of nitrogens with zero attached hydrogens (tertiary/aromatic N) is 1. The number of carbonyl (C=O) groups is 1. The number of rotatable bonds is 5. The molecule has 2 N–H and O–H groups in total. The summed E-state index contributed by atoms with van der Waals surface area (Å²) < 4.78 is 17.6. The van der Waals surface area contributed by atoms with E-state index in [1.807, 2.05) is 6.92 Å². The summed E-state index contributed by atoms with van der Waals surface area (Å²) in [5.74, 6) is 0.123. The number of methoxy groups -OCH3 is 2. The second-order valence-corrected chi connectivity index (χ2v) is 6.81. The number of hydrogen-bond acceptors (Lipinski definition) is 7. The van der Waals surface area contributed by atoms with Crippen molar-refractivity contribution in [2.75, 3.05) is 26.1 Å². The molecule has 2 aliphatic heterocycles. The molecule has 4 rings (SSSR count). The van der Waals surface area contributed by atoms with Gasteiger partial charge >= 0.3 is 11.7 Å². The predicted octanol–water partition coefficient (Wildman–Crippen LogP) is 1.33. The van der Waals surface area contributed by atoms with Crippen LogP contribution in [0.1, 0.15) is 30.4 Å². The third-order valence-electron chi connectivity index (χ3n) is 5.17. The molecule has 9 nitrogen and oxygen atoms in total. The van der Waals surface area contributed by atoms with Crippen LogP contribution in [0.15, 0.2) is 39.1 Å². The molecule has 0 radical (unpaired) electrons. The summed E-state index contributed by atoms with van der Waals surface area (Å²) in [5, 5.41) is 3.09. The molecule has 0 bridgehead atoms. The number of aromatic nitrogens is 2. The number of aromatic amines is 1. The Hall–Kier alpha value is -3.49. The Labute approximate surface area is 165 Å². The molecule has 0 spiro atoms. The summed E-state index contributed by atoms with van der Waals surface area (Å²) in [5.41, 5.74) is 0.638. The number of ether oxygens (including phenoxy) is 3. The maximum absolute atomic E-state index is 12.9. The minimum absolute atomic E-state index is 0.0451. The first kappa shape index (κ1) is 18.9. The SMILES string of the molecule is CCCn1c2c(c(=O)[nH]c1=O)C(c1cc(OC)ccc1OC)C1=C(COC1=O)N2. The zero-order valence-electron chi connectivity index (χ0n) is 16.3. The van der Waals surface area contributed by atoms with Gasteiger partial charge in [0.05, 0.1) is 37.0 Å². The summed E-state index contributed by atoms with van der Waals surface area (Å²) in [4.78, 5) is 40.3. The van der Waals surface area contributed by atoms with E-state index in [1.165, 1.54) is 18.8 Å². The summed E-state index contributed by atoms with van der Waals surface area (Å²) in [6, 6.07) is 5.17. The van der Waals surface area contributed by atoms with E-state index in [2.05, 4.69) is 10.3 Å². The molecule has 1 atom stereocenters. The molecule has 152 valence electrons. The van der Waals surface area contributed by atoms with Crippen molar-refractivity contribution in [1.29, 1.82) is 0 Å². The topological polar surface area (TPSA) is 112 Å². The van der Waals surface area contributed by atoms with E-state index in [1.54, 1.807) is 18.2 Å². The smallest absolute Gasteiger partial charge is 0.337 e. The fraction of sp³-hybridized carbons (Fsp3) is 0.350. The standard InChI is InChI=1S/C20H21N3O6/c1-4-7-23-17-16(18(24)22-20(23)26)14(15-12(21-17)9-29-19(15)25)11-8-10(27-2)5-6-13(11)28-3/h5-6,8,14,21H,4,7,9H2,1-3H3,(H,22,24,26). The number of cyclic esters (lactones) is 1. The molecule has 0 saturated heterocycles. The van der Waals surface area contributed by atoms with Gasteiger partial charge < -0.3 is 19.5 Å². The largest absolute Gasteiger partial charge is 0.497 e. The number of fused-ring (bicyclic) bond motifs is 1. The van der Waals surface area contributed by atoms with Crippen LogP contribution >= 0.6 is 0 Å².